The van der Waals surface area contributed by atoms with Gasteiger partial charge in [0.2, 0.25) is 10.0 Å². The van der Waals surface area contributed by atoms with E-state index in [4.69, 9.17) is 9.47 Å². The number of H-pyrrole nitrogens is 1. The number of ether oxygens (including phenoxy) is 2. The Bertz CT molecular complexity index is 1020. The van der Waals surface area contributed by atoms with Crippen molar-refractivity contribution in [3.8, 4) is 0 Å². The SMILES string of the molecule is COCCN([C@H](C)C(=O)c1c(C)[nH]c(C(=O)OC)c1C)S(=O)(=O)c1ccc(C)cc1. The standard InChI is InChI=1S/C21H28N2O6S/c1-13-7-9-17(10-8-13)30(26,27)23(11-12-28-5)16(4)20(24)18-14(2)19(21(25)29-6)22-15(18)3/h7-10,16,22H,11-12H2,1-6H3/t16-/m1/s1. The average molecular weight is 437 g/mol. The Hall–Kier alpha value is -2.49. The fourth-order valence-electron chi connectivity index (χ4n) is 3.31. The van der Waals surface area contributed by atoms with Gasteiger partial charge in [0.1, 0.15) is 5.69 Å². The number of nitrogens with zero attached hydrogens (tertiary/aromatic N) is 1. The first kappa shape index (κ1) is 23.8. The third-order valence-electron chi connectivity index (χ3n) is 5.03. The first-order valence-electron chi connectivity index (χ1n) is 9.45. The maximum absolute atomic E-state index is 13.3. The number of nitrogens with one attached hydrogen (secondary N) is 1. The zero-order chi connectivity index (χ0) is 22.6. The summed E-state index contributed by atoms with van der Waals surface area (Å²) in [7, 11) is -1.23. The normalized spacial score (nSPS) is 12.8. The van der Waals surface area contributed by atoms with Crippen molar-refractivity contribution in [1.29, 1.82) is 0 Å². The predicted molar refractivity (Wildman–Crippen MR) is 112 cm³/mol. The number of rotatable bonds is 9. The summed E-state index contributed by atoms with van der Waals surface area (Å²) in [4.78, 5) is 28.2. The van der Waals surface area contributed by atoms with Crippen molar-refractivity contribution in [2.45, 2.75) is 38.6 Å². The Labute approximate surface area is 177 Å². The lowest BCUT2D eigenvalue weighted by molar-refractivity contribution is 0.0594. The molecule has 1 heterocycles. The summed E-state index contributed by atoms with van der Waals surface area (Å²) in [6.45, 7) is 6.82. The van der Waals surface area contributed by atoms with Crippen LogP contribution < -0.4 is 0 Å². The van der Waals surface area contributed by atoms with Crippen LogP contribution in [0, 0.1) is 20.8 Å². The molecule has 30 heavy (non-hydrogen) atoms. The Morgan fingerprint density at radius 3 is 2.23 bits per heavy atom. The second-order valence-electron chi connectivity index (χ2n) is 7.08. The second kappa shape index (κ2) is 9.55. The Morgan fingerprint density at radius 2 is 1.70 bits per heavy atom. The topological polar surface area (TPSA) is 106 Å². The van der Waals surface area contributed by atoms with Gasteiger partial charge in [-0.25, -0.2) is 13.2 Å². The van der Waals surface area contributed by atoms with E-state index in [1.165, 1.54) is 33.3 Å². The summed E-state index contributed by atoms with van der Waals surface area (Å²) in [6, 6.07) is 5.44. The highest BCUT2D eigenvalue weighted by atomic mass is 32.2. The molecule has 2 aromatic rings. The summed E-state index contributed by atoms with van der Waals surface area (Å²) in [5.74, 6) is -1.01. The van der Waals surface area contributed by atoms with Gasteiger partial charge in [0.05, 0.1) is 24.7 Å². The van der Waals surface area contributed by atoms with Gasteiger partial charge in [-0.3, -0.25) is 4.79 Å². The number of esters is 1. The van der Waals surface area contributed by atoms with E-state index < -0.39 is 27.8 Å². The zero-order valence-electron chi connectivity index (χ0n) is 18.1. The van der Waals surface area contributed by atoms with Gasteiger partial charge < -0.3 is 14.5 Å². The third-order valence-corrected chi connectivity index (χ3v) is 7.01. The lowest BCUT2D eigenvalue weighted by Gasteiger charge is -2.27. The number of benzene rings is 1. The van der Waals surface area contributed by atoms with Crippen LogP contribution >= 0.6 is 0 Å². The van der Waals surface area contributed by atoms with Gasteiger partial charge in [0.15, 0.2) is 5.78 Å². The fraction of sp³-hybridized carbons (Fsp3) is 0.429. The van der Waals surface area contributed by atoms with Crippen LogP contribution in [0.25, 0.3) is 0 Å². The molecule has 2 rings (SSSR count). The number of hydrogen-bond donors (Lipinski definition) is 1. The molecule has 0 spiro atoms. The van der Waals surface area contributed by atoms with Crippen molar-refractivity contribution >= 4 is 21.8 Å². The van der Waals surface area contributed by atoms with Crippen molar-refractivity contribution in [2.75, 3.05) is 27.4 Å². The van der Waals surface area contributed by atoms with Gasteiger partial charge in [0.25, 0.3) is 0 Å². The molecule has 1 N–H and O–H groups in total. The predicted octanol–water partition coefficient (Wildman–Crippen LogP) is 2.64. The number of carbonyl (C=O) groups is 2. The molecule has 0 amide bonds. The largest absolute Gasteiger partial charge is 0.464 e. The summed E-state index contributed by atoms with van der Waals surface area (Å²) >= 11 is 0. The number of aromatic nitrogens is 1. The van der Waals surface area contributed by atoms with Crippen molar-refractivity contribution in [1.82, 2.24) is 9.29 Å². The number of aromatic amines is 1. The molecular formula is C21H28N2O6S. The number of Topliss-reactive ketones (excluding diaryl/α,β-unsaturated/α-hetero) is 1. The number of hydrogen-bond acceptors (Lipinski definition) is 6. The number of methoxy groups -OCH3 is 2. The van der Waals surface area contributed by atoms with Crippen LogP contribution in [0.5, 0.6) is 0 Å². The summed E-state index contributed by atoms with van der Waals surface area (Å²) < 4.78 is 37.5. The highest BCUT2D eigenvalue weighted by Crippen LogP contribution is 2.25. The van der Waals surface area contributed by atoms with Crippen molar-refractivity contribution in [2.24, 2.45) is 0 Å². The number of carbonyl (C=O) groups excluding carboxylic acids is 2. The van der Waals surface area contributed by atoms with E-state index in [0.29, 0.717) is 11.3 Å². The number of aryl methyl sites for hydroxylation is 2. The molecule has 0 radical (unpaired) electrons. The minimum Gasteiger partial charge on any atom is -0.464 e. The molecule has 9 heteroatoms. The molecule has 1 aromatic carbocycles. The van der Waals surface area contributed by atoms with Gasteiger partial charge in [0, 0.05) is 24.9 Å². The fourth-order valence-corrected chi connectivity index (χ4v) is 4.89. The maximum Gasteiger partial charge on any atom is 0.354 e. The van der Waals surface area contributed by atoms with Gasteiger partial charge in [-0.2, -0.15) is 4.31 Å². The molecule has 0 aliphatic carbocycles. The molecule has 8 nitrogen and oxygen atoms in total. The maximum atomic E-state index is 13.3. The third kappa shape index (κ3) is 4.63. The molecule has 0 saturated carbocycles. The summed E-state index contributed by atoms with van der Waals surface area (Å²) in [6.07, 6.45) is 0. The van der Waals surface area contributed by atoms with E-state index in [9.17, 15) is 18.0 Å². The van der Waals surface area contributed by atoms with E-state index in [2.05, 4.69) is 4.98 Å². The Kier molecular flexibility index (Phi) is 7.57. The monoisotopic (exact) mass is 436 g/mol. The molecule has 0 aliphatic heterocycles. The van der Waals surface area contributed by atoms with Crippen LogP contribution in [0.1, 0.15) is 44.6 Å². The van der Waals surface area contributed by atoms with E-state index in [1.54, 1.807) is 26.0 Å². The second-order valence-corrected chi connectivity index (χ2v) is 8.97. The molecular weight excluding hydrogens is 408 g/mol. The van der Waals surface area contributed by atoms with E-state index in [-0.39, 0.29) is 29.3 Å². The molecule has 164 valence electrons. The lowest BCUT2D eigenvalue weighted by Crippen LogP contribution is -2.45. The molecule has 0 bridgehead atoms. The smallest absolute Gasteiger partial charge is 0.354 e. The molecule has 0 unspecified atom stereocenters. The van der Waals surface area contributed by atoms with E-state index in [1.807, 2.05) is 6.92 Å². The quantitative estimate of drug-likeness (QED) is 0.478. The average Bonchev–Trinajstić information content (AvgIpc) is 3.01. The van der Waals surface area contributed by atoms with Gasteiger partial charge >= 0.3 is 5.97 Å². The van der Waals surface area contributed by atoms with Crippen LogP contribution in [0.15, 0.2) is 29.2 Å². The highest BCUT2D eigenvalue weighted by molar-refractivity contribution is 7.89. The van der Waals surface area contributed by atoms with Gasteiger partial charge in [-0.15, -0.1) is 0 Å². The highest BCUT2D eigenvalue weighted by Gasteiger charge is 2.35. The van der Waals surface area contributed by atoms with E-state index >= 15 is 0 Å². The van der Waals surface area contributed by atoms with Crippen molar-refractivity contribution in [3.63, 3.8) is 0 Å². The van der Waals surface area contributed by atoms with Crippen LogP contribution in [0.4, 0.5) is 0 Å². The van der Waals surface area contributed by atoms with Crippen LogP contribution in [0.2, 0.25) is 0 Å². The molecule has 0 fully saturated rings. The summed E-state index contributed by atoms with van der Waals surface area (Å²) in [5, 5.41) is 0. The number of ketones is 1. The first-order chi connectivity index (χ1) is 14.1. The molecule has 0 aliphatic rings. The lowest BCUT2D eigenvalue weighted by atomic mass is 10.0. The van der Waals surface area contributed by atoms with Crippen molar-refractivity contribution in [3.05, 3.63) is 52.3 Å². The minimum atomic E-state index is -3.95. The summed E-state index contributed by atoms with van der Waals surface area (Å²) in [5.41, 5.74) is 2.29. The number of sulfonamides is 1. The molecule has 1 aromatic heterocycles. The van der Waals surface area contributed by atoms with Crippen LogP contribution in [-0.2, 0) is 19.5 Å². The van der Waals surface area contributed by atoms with Crippen molar-refractivity contribution < 1.29 is 27.5 Å². The zero-order valence-corrected chi connectivity index (χ0v) is 18.9. The Balaban J connectivity index is 2.48. The molecule has 1 atom stereocenters. The molecule has 0 saturated heterocycles. The van der Waals surface area contributed by atoms with Crippen LogP contribution in [-0.4, -0.2) is 62.9 Å². The van der Waals surface area contributed by atoms with E-state index in [0.717, 1.165) is 9.87 Å². The van der Waals surface area contributed by atoms with Gasteiger partial charge in [-0.05, 0) is 45.4 Å². The first-order valence-corrected chi connectivity index (χ1v) is 10.9. The Morgan fingerprint density at radius 1 is 1.10 bits per heavy atom. The van der Waals surface area contributed by atoms with Gasteiger partial charge in [-0.1, -0.05) is 17.7 Å². The minimum absolute atomic E-state index is 0.00595. The van der Waals surface area contributed by atoms with Crippen LogP contribution in [0.3, 0.4) is 0 Å².